The predicted molar refractivity (Wildman–Crippen MR) is 91.8 cm³/mol. The fraction of sp³-hybridized carbons (Fsp3) is 0. The minimum atomic E-state index is -0.603. The van der Waals surface area contributed by atoms with Crippen molar-refractivity contribution in [1.29, 1.82) is 0 Å². The normalized spacial score (nSPS) is 10.8. The Hall–Kier alpha value is -4.01. The van der Waals surface area contributed by atoms with Crippen molar-refractivity contribution in [2.75, 3.05) is 0 Å². The van der Waals surface area contributed by atoms with Crippen molar-refractivity contribution in [2.45, 2.75) is 0 Å². The molecule has 1 amide bonds. The maximum atomic E-state index is 11.8. The first-order chi connectivity index (χ1) is 12.5. The molecule has 9 nitrogen and oxygen atoms in total. The van der Waals surface area contributed by atoms with Gasteiger partial charge >= 0.3 is 0 Å². The number of phenols is 1. The summed E-state index contributed by atoms with van der Waals surface area (Å²) in [5, 5.41) is 24.4. The lowest BCUT2D eigenvalue weighted by Crippen LogP contribution is -2.17. The highest BCUT2D eigenvalue weighted by Crippen LogP contribution is 2.33. The van der Waals surface area contributed by atoms with Gasteiger partial charge in [-0.05, 0) is 30.3 Å². The van der Waals surface area contributed by atoms with Crippen molar-refractivity contribution in [3.05, 3.63) is 76.3 Å². The van der Waals surface area contributed by atoms with Crippen LogP contribution in [-0.4, -0.2) is 27.1 Å². The number of amides is 1. The van der Waals surface area contributed by atoms with E-state index in [2.05, 4.69) is 15.5 Å². The van der Waals surface area contributed by atoms with Gasteiger partial charge in [0, 0.05) is 18.5 Å². The van der Waals surface area contributed by atoms with Crippen molar-refractivity contribution >= 4 is 17.8 Å². The van der Waals surface area contributed by atoms with Crippen LogP contribution in [0.25, 0.3) is 11.3 Å². The van der Waals surface area contributed by atoms with E-state index in [-0.39, 0.29) is 11.4 Å². The topological polar surface area (TPSA) is 131 Å². The zero-order valence-corrected chi connectivity index (χ0v) is 13.2. The second-order valence-corrected chi connectivity index (χ2v) is 5.10. The van der Waals surface area contributed by atoms with Gasteiger partial charge in [0.05, 0.1) is 28.3 Å². The monoisotopic (exact) mass is 352 g/mol. The van der Waals surface area contributed by atoms with Gasteiger partial charge in [-0.25, -0.2) is 5.43 Å². The maximum absolute atomic E-state index is 11.8. The molecule has 2 heterocycles. The van der Waals surface area contributed by atoms with Crippen molar-refractivity contribution in [3.8, 4) is 17.1 Å². The van der Waals surface area contributed by atoms with E-state index in [9.17, 15) is 20.0 Å². The van der Waals surface area contributed by atoms with Crippen LogP contribution in [0.5, 0.6) is 5.75 Å². The van der Waals surface area contributed by atoms with Crippen LogP contribution < -0.4 is 5.43 Å². The molecule has 0 spiro atoms. The highest BCUT2D eigenvalue weighted by atomic mass is 16.6. The van der Waals surface area contributed by atoms with Crippen LogP contribution in [0.15, 0.2) is 64.4 Å². The fourth-order valence-corrected chi connectivity index (χ4v) is 2.13. The van der Waals surface area contributed by atoms with E-state index in [4.69, 9.17) is 4.42 Å². The van der Waals surface area contributed by atoms with Gasteiger partial charge in [-0.15, -0.1) is 0 Å². The van der Waals surface area contributed by atoms with Crippen molar-refractivity contribution in [2.24, 2.45) is 5.10 Å². The van der Waals surface area contributed by atoms with Crippen LogP contribution in [0.2, 0.25) is 0 Å². The molecular formula is C17H12N4O5. The predicted octanol–water partition coefficient (Wildman–Crippen LogP) is 2.72. The Morgan fingerprint density at radius 2 is 2.15 bits per heavy atom. The van der Waals surface area contributed by atoms with Gasteiger partial charge in [0.15, 0.2) is 0 Å². The number of benzene rings is 1. The molecule has 0 saturated heterocycles. The number of nitro groups is 1. The molecule has 0 fully saturated rings. The number of hydrogen-bond donors (Lipinski definition) is 2. The number of nitrogens with zero attached hydrogens (tertiary/aromatic N) is 3. The average molecular weight is 352 g/mol. The highest BCUT2D eigenvalue weighted by molar-refractivity contribution is 5.94. The third-order valence-electron chi connectivity index (χ3n) is 3.37. The summed E-state index contributed by atoms with van der Waals surface area (Å²) in [6.45, 7) is 0. The quantitative estimate of drug-likeness (QED) is 0.412. The molecule has 26 heavy (non-hydrogen) atoms. The summed E-state index contributed by atoms with van der Waals surface area (Å²) in [6.07, 6.45) is 4.26. The molecule has 2 N–H and O–H groups in total. The van der Waals surface area contributed by atoms with Crippen molar-refractivity contribution in [3.63, 3.8) is 0 Å². The number of aromatic hydroxyl groups is 1. The van der Waals surface area contributed by atoms with E-state index in [1.165, 1.54) is 24.5 Å². The number of rotatable bonds is 5. The largest absolute Gasteiger partial charge is 0.507 e. The smallest absolute Gasteiger partial charge is 0.273 e. The molecule has 130 valence electrons. The zero-order chi connectivity index (χ0) is 18.5. The molecule has 0 aliphatic carbocycles. The van der Waals surface area contributed by atoms with Gasteiger partial charge in [0.1, 0.15) is 17.3 Å². The Balaban J connectivity index is 1.70. The lowest BCUT2D eigenvalue weighted by Gasteiger charge is -2.01. The lowest BCUT2D eigenvalue weighted by atomic mass is 10.1. The summed E-state index contributed by atoms with van der Waals surface area (Å²) in [7, 11) is 0. The maximum Gasteiger partial charge on any atom is 0.273 e. The summed E-state index contributed by atoms with van der Waals surface area (Å²) >= 11 is 0. The van der Waals surface area contributed by atoms with E-state index in [1.54, 1.807) is 30.5 Å². The third kappa shape index (κ3) is 3.73. The molecule has 0 bridgehead atoms. The molecule has 3 aromatic rings. The summed E-state index contributed by atoms with van der Waals surface area (Å²) in [4.78, 5) is 25.7. The Kier molecular flexibility index (Phi) is 4.70. The zero-order valence-electron chi connectivity index (χ0n) is 13.2. The summed E-state index contributed by atoms with van der Waals surface area (Å²) in [5.41, 5.74) is 2.77. The number of nitrogens with one attached hydrogen (secondary N) is 1. The minimum absolute atomic E-state index is 0.224. The molecule has 0 atom stereocenters. The van der Waals surface area contributed by atoms with Crippen LogP contribution in [0.4, 0.5) is 5.69 Å². The molecule has 3 rings (SSSR count). The SMILES string of the molecule is O=C(N/N=C\c1ccc(-c2ccc([N+](=O)[O-])cc2O)o1)c1cccnc1. The van der Waals surface area contributed by atoms with E-state index in [1.807, 2.05) is 0 Å². The molecule has 0 aliphatic rings. The van der Waals surface area contributed by atoms with Gasteiger partial charge in [-0.2, -0.15) is 5.10 Å². The first-order valence-corrected chi connectivity index (χ1v) is 7.35. The van der Waals surface area contributed by atoms with Crippen molar-refractivity contribution < 1.29 is 19.2 Å². The highest BCUT2D eigenvalue weighted by Gasteiger charge is 2.14. The van der Waals surface area contributed by atoms with Gasteiger partial charge in [0.25, 0.3) is 11.6 Å². The van der Waals surface area contributed by atoms with Gasteiger partial charge in [0.2, 0.25) is 0 Å². The average Bonchev–Trinajstić information content (AvgIpc) is 3.10. The van der Waals surface area contributed by atoms with Crippen LogP contribution in [0.1, 0.15) is 16.1 Å². The van der Waals surface area contributed by atoms with Gasteiger partial charge in [-0.3, -0.25) is 19.9 Å². The van der Waals surface area contributed by atoms with E-state index >= 15 is 0 Å². The molecule has 1 aromatic carbocycles. The van der Waals surface area contributed by atoms with Gasteiger partial charge in [-0.1, -0.05) is 0 Å². The molecule has 9 heteroatoms. The van der Waals surface area contributed by atoms with Crippen LogP contribution in [-0.2, 0) is 0 Å². The number of carbonyl (C=O) groups is 1. The van der Waals surface area contributed by atoms with Crippen LogP contribution in [0.3, 0.4) is 0 Å². The Bertz CT molecular complexity index is 982. The molecule has 2 aromatic heterocycles. The van der Waals surface area contributed by atoms with E-state index in [0.717, 1.165) is 6.07 Å². The number of pyridine rings is 1. The van der Waals surface area contributed by atoms with Crippen LogP contribution in [0, 0.1) is 10.1 Å². The fourth-order valence-electron chi connectivity index (χ4n) is 2.13. The number of carbonyl (C=O) groups excluding carboxylic acids is 1. The number of non-ortho nitro benzene ring substituents is 1. The second-order valence-electron chi connectivity index (χ2n) is 5.10. The number of nitro benzene ring substituents is 1. The van der Waals surface area contributed by atoms with Gasteiger partial charge < -0.3 is 9.52 Å². The number of phenolic OH excluding ortho intramolecular Hbond substituents is 1. The second kappa shape index (κ2) is 7.26. The minimum Gasteiger partial charge on any atom is -0.507 e. The van der Waals surface area contributed by atoms with Crippen LogP contribution >= 0.6 is 0 Å². The number of aromatic nitrogens is 1. The first kappa shape index (κ1) is 16.8. The summed E-state index contributed by atoms with van der Waals surface area (Å²) < 4.78 is 5.50. The number of hydrazone groups is 1. The van der Waals surface area contributed by atoms with E-state index in [0.29, 0.717) is 22.6 Å². The Labute approximate surface area is 146 Å². The summed E-state index contributed by atoms with van der Waals surface area (Å²) in [6, 6.07) is 10.1. The molecule has 0 saturated carbocycles. The lowest BCUT2D eigenvalue weighted by molar-refractivity contribution is -0.384. The first-order valence-electron chi connectivity index (χ1n) is 7.35. The summed E-state index contributed by atoms with van der Waals surface area (Å²) in [5.74, 6) is -0.0715. The Morgan fingerprint density at radius 3 is 2.85 bits per heavy atom. The molecule has 0 aliphatic heterocycles. The Morgan fingerprint density at radius 1 is 1.31 bits per heavy atom. The molecule has 0 radical (unpaired) electrons. The molecular weight excluding hydrogens is 340 g/mol. The number of furan rings is 1. The van der Waals surface area contributed by atoms with E-state index < -0.39 is 10.8 Å². The standard InChI is InChI=1S/C17H12N4O5/c22-15-8-12(21(24)25)3-5-14(15)16-6-4-13(26-16)10-19-20-17(23)11-2-1-7-18-9-11/h1-10,22H,(H,20,23)/b19-10-. The van der Waals surface area contributed by atoms with Crippen molar-refractivity contribution in [1.82, 2.24) is 10.4 Å². The third-order valence-corrected chi connectivity index (χ3v) is 3.37. The number of hydrogen-bond acceptors (Lipinski definition) is 7. The molecule has 0 unspecified atom stereocenters.